The molecule has 4 nitrogen and oxygen atoms in total. The van der Waals surface area contributed by atoms with Crippen molar-refractivity contribution in [3.63, 3.8) is 0 Å². The third-order valence-electron chi connectivity index (χ3n) is 3.42. The van der Waals surface area contributed by atoms with Gasteiger partial charge in [0.1, 0.15) is 5.75 Å². The summed E-state index contributed by atoms with van der Waals surface area (Å²) in [7, 11) is 0. The number of benzene rings is 1. The van der Waals surface area contributed by atoms with E-state index < -0.39 is 0 Å². The number of hydrogen-bond donors (Lipinski definition) is 2. The summed E-state index contributed by atoms with van der Waals surface area (Å²) in [4.78, 5) is 12.1. The summed E-state index contributed by atoms with van der Waals surface area (Å²) in [6.07, 6.45) is 2.14. The van der Waals surface area contributed by atoms with E-state index in [9.17, 15) is 4.79 Å². The van der Waals surface area contributed by atoms with Crippen LogP contribution in [0.1, 0.15) is 37.0 Å². The number of amides is 1. The number of carbonyl (C=O) groups is 1. The molecule has 1 saturated heterocycles. The fourth-order valence-electron chi connectivity index (χ4n) is 2.26. The van der Waals surface area contributed by atoms with Crippen molar-refractivity contribution in [2.75, 3.05) is 13.2 Å². The Morgan fingerprint density at radius 3 is 2.68 bits per heavy atom. The molecule has 4 heteroatoms. The topological polar surface area (TPSA) is 50.4 Å². The maximum atomic E-state index is 12.1. The molecule has 19 heavy (non-hydrogen) atoms. The van der Waals surface area contributed by atoms with E-state index in [1.54, 1.807) is 12.1 Å². The van der Waals surface area contributed by atoms with Gasteiger partial charge in [-0.25, -0.2) is 0 Å². The van der Waals surface area contributed by atoms with Gasteiger partial charge >= 0.3 is 0 Å². The van der Waals surface area contributed by atoms with Gasteiger partial charge in [0.25, 0.3) is 5.91 Å². The average Bonchev–Trinajstić information content (AvgIpc) is 2.42. The number of hydrogen-bond acceptors (Lipinski definition) is 3. The SMILES string of the molecule is CCOc1ccc(C(=O)NC2CCC(C)NC2)cc1. The Balaban J connectivity index is 1.88. The molecule has 1 aliphatic heterocycles. The highest BCUT2D eigenvalue weighted by atomic mass is 16.5. The summed E-state index contributed by atoms with van der Waals surface area (Å²) in [5, 5.41) is 6.44. The predicted molar refractivity (Wildman–Crippen MR) is 75.6 cm³/mol. The third-order valence-corrected chi connectivity index (χ3v) is 3.42. The Kier molecular flexibility index (Phi) is 4.80. The van der Waals surface area contributed by atoms with Gasteiger partial charge in [-0.1, -0.05) is 0 Å². The van der Waals surface area contributed by atoms with Gasteiger partial charge in [0.05, 0.1) is 6.61 Å². The van der Waals surface area contributed by atoms with Crippen LogP contribution in [-0.2, 0) is 0 Å². The average molecular weight is 262 g/mol. The smallest absolute Gasteiger partial charge is 0.251 e. The Labute approximate surface area is 114 Å². The molecule has 0 radical (unpaired) electrons. The number of carbonyl (C=O) groups excluding carboxylic acids is 1. The van der Waals surface area contributed by atoms with Gasteiger partial charge in [-0.15, -0.1) is 0 Å². The first-order valence-corrected chi connectivity index (χ1v) is 6.96. The van der Waals surface area contributed by atoms with Gasteiger partial charge in [-0.05, 0) is 51.0 Å². The summed E-state index contributed by atoms with van der Waals surface area (Å²) < 4.78 is 5.36. The minimum Gasteiger partial charge on any atom is -0.494 e. The van der Waals surface area contributed by atoms with Crippen molar-refractivity contribution >= 4 is 5.91 Å². The number of nitrogens with one attached hydrogen (secondary N) is 2. The van der Waals surface area contributed by atoms with Crippen LogP contribution in [-0.4, -0.2) is 31.1 Å². The summed E-state index contributed by atoms with van der Waals surface area (Å²) in [6, 6.07) is 8.06. The van der Waals surface area contributed by atoms with Crippen molar-refractivity contribution in [2.24, 2.45) is 0 Å². The van der Waals surface area contributed by atoms with E-state index in [1.807, 2.05) is 19.1 Å². The van der Waals surface area contributed by atoms with Crippen molar-refractivity contribution in [3.8, 4) is 5.75 Å². The molecule has 0 spiro atoms. The van der Waals surface area contributed by atoms with Crippen molar-refractivity contribution in [1.82, 2.24) is 10.6 Å². The number of ether oxygens (including phenoxy) is 1. The number of rotatable bonds is 4. The van der Waals surface area contributed by atoms with Crippen LogP contribution < -0.4 is 15.4 Å². The quantitative estimate of drug-likeness (QED) is 0.872. The molecule has 0 saturated carbocycles. The second-order valence-electron chi connectivity index (χ2n) is 5.01. The maximum Gasteiger partial charge on any atom is 0.251 e. The molecule has 1 aromatic carbocycles. The first-order chi connectivity index (χ1) is 9.19. The van der Waals surface area contributed by atoms with Gasteiger partial charge in [0.2, 0.25) is 0 Å². The number of piperidine rings is 1. The zero-order chi connectivity index (χ0) is 13.7. The zero-order valence-corrected chi connectivity index (χ0v) is 11.6. The zero-order valence-electron chi connectivity index (χ0n) is 11.6. The van der Waals surface area contributed by atoms with Gasteiger partial charge < -0.3 is 15.4 Å². The summed E-state index contributed by atoms with van der Waals surface area (Å²) >= 11 is 0. The van der Waals surface area contributed by atoms with Crippen molar-refractivity contribution in [2.45, 2.75) is 38.8 Å². The Morgan fingerprint density at radius 1 is 1.37 bits per heavy atom. The fourth-order valence-corrected chi connectivity index (χ4v) is 2.26. The molecule has 1 fully saturated rings. The first kappa shape index (κ1) is 13.9. The van der Waals surface area contributed by atoms with Crippen LogP contribution in [0.15, 0.2) is 24.3 Å². The van der Waals surface area contributed by atoms with Crippen LogP contribution in [0.4, 0.5) is 0 Å². The summed E-state index contributed by atoms with van der Waals surface area (Å²) in [5.41, 5.74) is 0.682. The van der Waals surface area contributed by atoms with Crippen LogP contribution in [0.25, 0.3) is 0 Å². The molecule has 2 atom stereocenters. The molecule has 1 aromatic rings. The van der Waals surface area contributed by atoms with Crippen molar-refractivity contribution in [3.05, 3.63) is 29.8 Å². The second kappa shape index (κ2) is 6.57. The molecule has 104 valence electrons. The van der Waals surface area contributed by atoms with Crippen LogP contribution in [0.5, 0.6) is 5.75 Å². The predicted octanol–water partition coefficient (Wildman–Crippen LogP) is 1.96. The molecular formula is C15H22N2O2. The highest BCUT2D eigenvalue weighted by molar-refractivity contribution is 5.94. The molecule has 1 aliphatic rings. The maximum absolute atomic E-state index is 12.1. The van der Waals surface area contributed by atoms with Crippen molar-refractivity contribution < 1.29 is 9.53 Å². The van der Waals surface area contributed by atoms with Crippen LogP contribution >= 0.6 is 0 Å². The molecule has 0 aliphatic carbocycles. The Morgan fingerprint density at radius 2 is 2.11 bits per heavy atom. The molecular weight excluding hydrogens is 240 g/mol. The van der Waals surface area contributed by atoms with Crippen LogP contribution in [0.3, 0.4) is 0 Å². The minimum absolute atomic E-state index is 0.00981. The van der Waals surface area contributed by atoms with E-state index in [2.05, 4.69) is 17.6 Å². The lowest BCUT2D eigenvalue weighted by Crippen LogP contribution is -2.48. The van der Waals surface area contributed by atoms with Gasteiger partial charge in [-0.2, -0.15) is 0 Å². The lowest BCUT2D eigenvalue weighted by atomic mass is 10.0. The fraction of sp³-hybridized carbons (Fsp3) is 0.533. The summed E-state index contributed by atoms with van der Waals surface area (Å²) in [6.45, 7) is 5.60. The van der Waals surface area contributed by atoms with Gasteiger partial charge in [0, 0.05) is 24.2 Å². The molecule has 2 N–H and O–H groups in total. The first-order valence-electron chi connectivity index (χ1n) is 6.96. The molecule has 2 rings (SSSR count). The Bertz CT molecular complexity index is 409. The highest BCUT2D eigenvalue weighted by Gasteiger charge is 2.19. The van der Waals surface area contributed by atoms with E-state index in [0.717, 1.165) is 25.1 Å². The van der Waals surface area contributed by atoms with E-state index in [4.69, 9.17) is 4.74 Å². The summed E-state index contributed by atoms with van der Waals surface area (Å²) in [5.74, 6) is 0.789. The van der Waals surface area contributed by atoms with Gasteiger partial charge in [0.15, 0.2) is 0 Å². The molecule has 1 amide bonds. The van der Waals surface area contributed by atoms with E-state index in [0.29, 0.717) is 18.2 Å². The van der Waals surface area contributed by atoms with E-state index in [-0.39, 0.29) is 11.9 Å². The second-order valence-corrected chi connectivity index (χ2v) is 5.01. The third kappa shape index (κ3) is 3.96. The Hall–Kier alpha value is -1.55. The lowest BCUT2D eigenvalue weighted by molar-refractivity contribution is 0.0927. The van der Waals surface area contributed by atoms with Gasteiger partial charge in [-0.3, -0.25) is 4.79 Å². The van der Waals surface area contributed by atoms with Crippen molar-refractivity contribution in [1.29, 1.82) is 0 Å². The minimum atomic E-state index is -0.00981. The molecule has 1 heterocycles. The monoisotopic (exact) mass is 262 g/mol. The lowest BCUT2D eigenvalue weighted by Gasteiger charge is -2.28. The van der Waals surface area contributed by atoms with E-state index in [1.165, 1.54) is 0 Å². The molecule has 2 unspecified atom stereocenters. The van der Waals surface area contributed by atoms with Crippen LogP contribution in [0, 0.1) is 0 Å². The largest absolute Gasteiger partial charge is 0.494 e. The standard InChI is InChI=1S/C15H22N2O2/c1-3-19-14-8-5-12(6-9-14)15(18)17-13-7-4-11(2)16-10-13/h5-6,8-9,11,13,16H,3-4,7,10H2,1-2H3,(H,17,18). The normalized spacial score (nSPS) is 22.8. The molecule has 0 bridgehead atoms. The van der Waals surface area contributed by atoms with Crippen LogP contribution in [0.2, 0.25) is 0 Å². The van der Waals surface area contributed by atoms with E-state index >= 15 is 0 Å². The molecule has 0 aromatic heterocycles. The highest BCUT2D eigenvalue weighted by Crippen LogP contribution is 2.13.